The van der Waals surface area contributed by atoms with Gasteiger partial charge in [0.05, 0.1) is 16.6 Å². The molecule has 32 heavy (non-hydrogen) atoms. The molecule has 0 bridgehead atoms. The lowest BCUT2D eigenvalue weighted by molar-refractivity contribution is -0.120. The van der Waals surface area contributed by atoms with Crippen molar-refractivity contribution in [3.05, 3.63) is 94.5 Å². The summed E-state index contributed by atoms with van der Waals surface area (Å²) in [6.45, 7) is 9.39. The van der Waals surface area contributed by atoms with E-state index in [0.29, 0.717) is 5.69 Å². The Morgan fingerprint density at radius 1 is 0.875 bits per heavy atom. The first kappa shape index (κ1) is 23.5. The highest BCUT2D eigenvalue weighted by Crippen LogP contribution is 2.25. The fourth-order valence-corrected chi connectivity index (χ4v) is 5.07. The molecule has 0 spiro atoms. The summed E-state index contributed by atoms with van der Waals surface area (Å²) in [5.74, 6) is -0.365. The minimum absolute atomic E-state index is 0.153. The number of rotatable bonds is 7. The number of sulfonamides is 1. The Kier molecular flexibility index (Phi) is 7.04. The number of nitrogens with zero attached hydrogens (tertiary/aromatic N) is 1. The van der Waals surface area contributed by atoms with Crippen molar-refractivity contribution in [2.24, 2.45) is 0 Å². The molecule has 0 fully saturated rings. The highest BCUT2D eigenvalue weighted by atomic mass is 32.2. The van der Waals surface area contributed by atoms with Crippen molar-refractivity contribution in [1.29, 1.82) is 0 Å². The van der Waals surface area contributed by atoms with Gasteiger partial charge in [0.25, 0.3) is 10.0 Å². The zero-order chi connectivity index (χ0) is 23.5. The predicted molar refractivity (Wildman–Crippen MR) is 129 cm³/mol. The maximum absolute atomic E-state index is 13.5. The third-order valence-electron chi connectivity index (χ3n) is 5.46. The lowest BCUT2D eigenvalue weighted by Gasteiger charge is -2.26. The number of carbonyl (C=O) groups excluding carboxylic acids is 1. The number of benzene rings is 3. The first-order valence-corrected chi connectivity index (χ1v) is 12.0. The summed E-state index contributed by atoms with van der Waals surface area (Å²) in [6.07, 6.45) is 0. The van der Waals surface area contributed by atoms with Gasteiger partial charge in [-0.25, -0.2) is 8.42 Å². The number of amides is 1. The number of hydrogen-bond acceptors (Lipinski definition) is 3. The van der Waals surface area contributed by atoms with E-state index in [-0.39, 0.29) is 23.4 Å². The smallest absolute Gasteiger partial charge is 0.264 e. The number of nitrogens with one attached hydrogen (secondary N) is 1. The molecule has 5 nitrogen and oxygen atoms in total. The molecule has 1 amide bonds. The fraction of sp³-hybridized carbons (Fsp3) is 0.269. The molecule has 3 aromatic rings. The average Bonchev–Trinajstić information content (AvgIpc) is 2.74. The van der Waals surface area contributed by atoms with Crippen LogP contribution < -0.4 is 9.62 Å². The summed E-state index contributed by atoms with van der Waals surface area (Å²) < 4.78 is 28.2. The summed E-state index contributed by atoms with van der Waals surface area (Å²) >= 11 is 0. The Labute approximate surface area is 191 Å². The first-order chi connectivity index (χ1) is 15.1. The Balaban J connectivity index is 1.91. The molecule has 1 unspecified atom stereocenters. The van der Waals surface area contributed by atoms with Gasteiger partial charge < -0.3 is 5.32 Å². The van der Waals surface area contributed by atoms with Crippen molar-refractivity contribution in [2.45, 2.75) is 45.6 Å². The van der Waals surface area contributed by atoms with Crippen molar-refractivity contribution in [2.75, 3.05) is 10.8 Å². The van der Waals surface area contributed by atoms with Crippen LogP contribution in [0.3, 0.4) is 0 Å². The normalized spacial score (nSPS) is 12.3. The van der Waals surface area contributed by atoms with Gasteiger partial charge in [0.2, 0.25) is 5.91 Å². The number of anilines is 1. The molecule has 168 valence electrons. The molecule has 1 atom stereocenters. The third-order valence-corrected chi connectivity index (χ3v) is 7.25. The highest BCUT2D eigenvalue weighted by Gasteiger charge is 2.28. The van der Waals surface area contributed by atoms with Crippen LogP contribution >= 0.6 is 0 Å². The third kappa shape index (κ3) is 5.37. The Bertz CT molecular complexity index is 1220. The summed E-state index contributed by atoms with van der Waals surface area (Å²) in [6, 6.07) is 19.7. The summed E-state index contributed by atoms with van der Waals surface area (Å²) in [4.78, 5) is 13.2. The van der Waals surface area contributed by atoms with E-state index in [1.807, 2.05) is 58.9 Å². The monoisotopic (exact) mass is 450 g/mol. The number of aryl methyl sites for hydroxylation is 4. The highest BCUT2D eigenvalue weighted by molar-refractivity contribution is 7.92. The minimum Gasteiger partial charge on any atom is -0.348 e. The van der Waals surface area contributed by atoms with Gasteiger partial charge >= 0.3 is 0 Å². The molecule has 0 saturated heterocycles. The second-order valence-corrected chi connectivity index (χ2v) is 10.2. The molecule has 0 radical (unpaired) electrons. The predicted octanol–water partition coefficient (Wildman–Crippen LogP) is 4.99. The molecule has 0 heterocycles. The van der Waals surface area contributed by atoms with Crippen LogP contribution in [0.25, 0.3) is 0 Å². The number of hydrogen-bond donors (Lipinski definition) is 1. The van der Waals surface area contributed by atoms with Gasteiger partial charge in [-0.15, -0.1) is 0 Å². The van der Waals surface area contributed by atoms with Gasteiger partial charge in [-0.1, -0.05) is 53.6 Å². The Hall–Kier alpha value is -3.12. The minimum atomic E-state index is -3.93. The molecule has 1 N–H and O–H groups in total. The van der Waals surface area contributed by atoms with E-state index in [9.17, 15) is 13.2 Å². The summed E-state index contributed by atoms with van der Waals surface area (Å²) in [5.41, 5.74) is 5.53. The van der Waals surface area contributed by atoms with E-state index in [1.165, 1.54) is 4.31 Å². The van der Waals surface area contributed by atoms with Crippen LogP contribution in [0.15, 0.2) is 71.6 Å². The van der Waals surface area contributed by atoms with Gasteiger partial charge in [-0.05, 0) is 75.6 Å². The molecule has 0 aliphatic carbocycles. The SMILES string of the molecule is Cc1ccc(S(=O)(=O)N(CC(=O)NC(C)c2cc(C)ccc2C)c2cccc(C)c2)cc1. The van der Waals surface area contributed by atoms with E-state index >= 15 is 0 Å². The lowest BCUT2D eigenvalue weighted by atomic mass is 10.00. The summed E-state index contributed by atoms with van der Waals surface area (Å²) in [7, 11) is -3.93. The molecule has 0 aliphatic rings. The molecule has 0 saturated carbocycles. The lowest BCUT2D eigenvalue weighted by Crippen LogP contribution is -2.41. The van der Waals surface area contributed by atoms with Crippen LogP contribution in [-0.4, -0.2) is 20.9 Å². The largest absolute Gasteiger partial charge is 0.348 e. The van der Waals surface area contributed by atoms with Gasteiger partial charge in [0, 0.05) is 0 Å². The Morgan fingerprint density at radius 2 is 1.50 bits per heavy atom. The van der Waals surface area contributed by atoms with Crippen LogP contribution in [0.1, 0.15) is 40.8 Å². The molecular weight excluding hydrogens is 420 g/mol. The maximum atomic E-state index is 13.5. The van der Waals surface area contributed by atoms with Gasteiger partial charge in [-0.3, -0.25) is 9.10 Å². The van der Waals surface area contributed by atoms with Crippen LogP contribution in [0.5, 0.6) is 0 Å². The second-order valence-electron chi connectivity index (χ2n) is 8.31. The summed E-state index contributed by atoms with van der Waals surface area (Å²) in [5, 5.41) is 2.97. The topological polar surface area (TPSA) is 66.5 Å². The van der Waals surface area contributed by atoms with Crippen molar-refractivity contribution in [1.82, 2.24) is 5.32 Å². The van der Waals surface area contributed by atoms with Crippen molar-refractivity contribution in [3.8, 4) is 0 Å². The van der Waals surface area contributed by atoms with Crippen molar-refractivity contribution in [3.63, 3.8) is 0 Å². The molecule has 0 aromatic heterocycles. The van der Waals surface area contributed by atoms with Crippen LogP contribution in [-0.2, 0) is 14.8 Å². The zero-order valence-corrected chi connectivity index (χ0v) is 20.0. The van der Waals surface area contributed by atoms with Crippen LogP contribution in [0, 0.1) is 27.7 Å². The molecule has 3 rings (SSSR count). The standard InChI is InChI=1S/C26H30N2O3S/c1-18-10-13-24(14-11-18)32(30,31)28(23-8-6-7-19(2)15-23)17-26(29)27-22(5)25-16-20(3)9-12-21(25)4/h6-16,22H,17H2,1-5H3,(H,27,29). The number of carbonyl (C=O) groups is 1. The van der Waals surface area contributed by atoms with E-state index in [2.05, 4.69) is 5.32 Å². The van der Waals surface area contributed by atoms with E-state index in [4.69, 9.17) is 0 Å². The van der Waals surface area contributed by atoms with Gasteiger partial charge in [0.15, 0.2) is 0 Å². The van der Waals surface area contributed by atoms with Crippen molar-refractivity contribution >= 4 is 21.6 Å². The maximum Gasteiger partial charge on any atom is 0.264 e. The molecule has 0 aliphatic heterocycles. The fourth-order valence-electron chi connectivity index (χ4n) is 3.66. The quantitative estimate of drug-likeness (QED) is 0.551. The van der Waals surface area contributed by atoms with Crippen LogP contribution in [0.2, 0.25) is 0 Å². The van der Waals surface area contributed by atoms with Crippen LogP contribution in [0.4, 0.5) is 5.69 Å². The average molecular weight is 451 g/mol. The molecular formula is C26H30N2O3S. The van der Waals surface area contributed by atoms with Gasteiger partial charge in [0.1, 0.15) is 6.54 Å². The Morgan fingerprint density at radius 3 is 2.16 bits per heavy atom. The second kappa shape index (κ2) is 9.57. The van der Waals surface area contributed by atoms with Crippen molar-refractivity contribution < 1.29 is 13.2 Å². The molecule has 3 aromatic carbocycles. The molecule has 6 heteroatoms. The first-order valence-electron chi connectivity index (χ1n) is 10.6. The zero-order valence-electron chi connectivity index (χ0n) is 19.2. The van der Waals surface area contributed by atoms with E-state index < -0.39 is 10.0 Å². The van der Waals surface area contributed by atoms with Gasteiger partial charge in [-0.2, -0.15) is 0 Å². The van der Waals surface area contributed by atoms with E-state index in [1.54, 1.807) is 42.5 Å². The van der Waals surface area contributed by atoms with E-state index in [0.717, 1.165) is 27.8 Å².